The number of nitrogens with zero attached hydrogens (tertiary/aromatic N) is 3. The second kappa shape index (κ2) is 8.24. The summed E-state index contributed by atoms with van der Waals surface area (Å²) in [5, 5.41) is 12.2. The summed E-state index contributed by atoms with van der Waals surface area (Å²) in [4.78, 5) is 28.0. The molecule has 1 fully saturated rings. The minimum atomic E-state index is -3.95. The van der Waals surface area contributed by atoms with Crippen LogP contribution in [0.4, 0.5) is 5.69 Å². The number of amides is 1. The third-order valence-electron chi connectivity index (χ3n) is 5.52. The quantitative estimate of drug-likeness (QED) is 0.463. The Morgan fingerprint density at radius 3 is 2.47 bits per heavy atom. The highest BCUT2D eigenvalue weighted by atomic mass is 32.2. The number of aryl methyl sites for hydroxylation is 1. The third-order valence-corrected chi connectivity index (χ3v) is 7.41. The number of sulfonamides is 1. The van der Waals surface area contributed by atoms with Crippen LogP contribution in [0.5, 0.6) is 5.75 Å². The van der Waals surface area contributed by atoms with Crippen molar-refractivity contribution in [1.29, 1.82) is 0 Å². The lowest BCUT2D eigenvalue weighted by molar-refractivity contribution is -0.386. The first-order chi connectivity index (χ1) is 15.2. The van der Waals surface area contributed by atoms with E-state index in [0.29, 0.717) is 5.69 Å². The number of fused-ring (bicyclic) bond motifs is 1. The van der Waals surface area contributed by atoms with Gasteiger partial charge in [0.05, 0.1) is 16.9 Å². The highest BCUT2D eigenvalue weighted by Gasteiger charge is 2.32. The summed E-state index contributed by atoms with van der Waals surface area (Å²) < 4.78 is 32.2. The third kappa shape index (κ3) is 3.92. The predicted octanol–water partition coefficient (Wildman–Crippen LogP) is 2.54. The van der Waals surface area contributed by atoms with Crippen molar-refractivity contribution in [1.82, 2.24) is 14.2 Å². The molecular formula is C21H22N4O6S. The van der Waals surface area contributed by atoms with E-state index in [9.17, 15) is 23.3 Å². The van der Waals surface area contributed by atoms with E-state index in [1.807, 2.05) is 25.1 Å². The number of nitro benzene ring substituents is 1. The SMILES string of the molecule is COc1ccc(S(=O)(=O)N2CCN(C(=O)c3cc4ccc(C)cc4[nH]3)CC2)cc1[N+](=O)[O-]. The molecule has 0 bridgehead atoms. The maximum Gasteiger partial charge on any atom is 0.312 e. The fraction of sp³-hybridized carbons (Fsp3) is 0.286. The van der Waals surface area contributed by atoms with Gasteiger partial charge in [0, 0.05) is 43.1 Å². The van der Waals surface area contributed by atoms with Crippen molar-refractivity contribution in [3.05, 3.63) is 63.8 Å². The number of rotatable bonds is 5. The molecule has 1 aromatic heterocycles. The number of aromatic nitrogens is 1. The molecule has 0 atom stereocenters. The summed E-state index contributed by atoms with van der Waals surface area (Å²) in [5.41, 5.74) is 1.98. The topological polar surface area (TPSA) is 126 Å². The van der Waals surface area contributed by atoms with Gasteiger partial charge >= 0.3 is 5.69 Å². The fourth-order valence-corrected chi connectivity index (χ4v) is 5.22. The van der Waals surface area contributed by atoms with Crippen molar-refractivity contribution >= 4 is 32.5 Å². The van der Waals surface area contributed by atoms with Gasteiger partial charge in [-0.2, -0.15) is 4.31 Å². The molecule has 32 heavy (non-hydrogen) atoms. The molecule has 1 aliphatic rings. The molecule has 11 heteroatoms. The number of H-pyrrole nitrogens is 1. The summed E-state index contributed by atoms with van der Waals surface area (Å²) in [5.74, 6) is -0.214. The molecule has 0 unspecified atom stereocenters. The van der Waals surface area contributed by atoms with Crippen LogP contribution in [-0.4, -0.2) is 66.7 Å². The molecule has 0 saturated carbocycles. The summed E-state index contributed by atoms with van der Waals surface area (Å²) in [6.45, 7) is 2.58. The van der Waals surface area contributed by atoms with Crippen LogP contribution in [0.3, 0.4) is 0 Å². The van der Waals surface area contributed by atoms with Crippen LogP contribution in [0.1, 0.15) is 16.1 Å². The second-order valence-electron chi connectivity index (χ2n) is 7.56. The van der Waals surface area contributed by atoms with Crippen LogP contribution in [0, 0.1) is 17.0 Å². The van der Waals surface area contributed by atoms with Gasteiger partial charge < -0.3 is 14.6 Å². The Labute approximate surface area is 184 Å². The van der Waals surface area contributed by atoms with Gasteiger partial charge in [0.25, 0.3) is 5.91 Å². The normalized spacial score (nSPS) is 15.1. The summed E-state index contributed by atoms with van der Waals surface area (Å²) in [7, 11) is -2.68. The zero-order chi connectivity index (χ0) is 23.0. The minimum absolute atomic E-state index is 0.0158. The van der Waals surface area contributed by atoms with Crippen molar-refractivity contribution < 1.29 is 22.9 Å². The van der Waals surface area contributed by atoms with Crippen LogP contribution in [0.15, 0.2) is 47.4 Å². The highest BCUT2D eigenvalue weighted by Crippen LogP contribution is 2.31. The molecule has 1 amide bonds. The number of hydrogen-bond donors (Lipinski definition) is 1. The number of nitro groups is 1. The molecule has 3 aromatic rings. The van der Waals surface area contributed by atoms with Crippen molar-refractivity contribution in [3.63, 3.8) is 0 Å². The molecule has 2 aromatic carbocycles. The standard InChI is InChI=1S/C21H22N4O6S/c1-14-3-4-15-12-18(22-17(15)11-14)21(26)23-7-9-24(10-8-23)32(29,30)16-5-6-20(31-2)19(13-16)25(27)28/h3-6,11-13,22H,7-10H2,1-2H3. The maximum atomic E-state index is 13.0. The first kappa shape index (κ1) is 21.8. The Kier molecular flexibility index (Phi) is 5.61. The number of methoxy groups -OCH3 is 1. The zero-order valence-corrected chi connectivity index (χ0v) is 18.4. The van der Waals surface area contributed by atoms with Gasteiger partial charge in [0.2, 0.25) is 10.0 Å². The van der Waals surface area contributed by atoms with Crippen molar-refractivity contribution in [2.45, 2.75) is 11.8 Å². The second-order valence-corrected chi connectivity index (χ2v) is 9.50. The summed E-state index contributed by atoms with van der Waals surface area (Å²) in [6.07, 6.45) is 0. The van der Waals surface area contributed by atoms with Gasteiger partial charge in [-0.1, -0.05) is 12.1 Å². The van der Waals surface area contributed by atoms with Gasteiger partial charge in [-0.25, -0.2) is 8.42 Å². The van der Waals surface area contributed by atoms with Crippen molar-refractivity contribution in [3.8, 4) is 5.75 Å². The molecule has 2 heterocycles. The van der Waals surface area contributed by atoms with E-state index < -0.39 is 20.6 Å². The number of hydrogen-bond acceptors (Lipinski definition) is 6. The van der Waals surface area contributed by atoms with Gasteiger partial charge in [-0.05, 0) is 36.8 Å². The summed E-state index contributed by atoms with van der Waals surface area (Å²) in [6, 6.07) is 11.2. The van der Waals surface area contributed by atoms with E-state index in [1.165, 1.54) is 23.5 Å². The van der Waals surface area contributed by atoms with E-state index in [1.54, 1.807) is 11.0 Å². The maximum absolute atomic E-state index is 13.0. The molecule has 1 N–H and O–H groups in total. The number of carbonyl (C=O) groups excluding carboxylic acids is 1. The lowest BCUT2D eigenvalue weighted by Gasteiger charge is -2.33. The average molecular weight is 458 g/mol. The van der Waals surface area contributed by atoms with Gasteiger partial charge in [0.15, 0.2) is 5.75 Å². The Morgan fingerprint density at radius 2 is 1.81 bits per heavy atom. The smallest absolute Gasteiger partial charge is 0.312 e. The predicted molar refractivity (Wildman–Crippen MR) is 117 cm³/mol. The van der Waals surface area contributed by atoms with Gasteiger partial charge in [0.1, 0.15) is 5.69 Å². The highest BCUT2D eigenvalue weighted by molar-refractivity contribution is 7.89. The zero-order valence-electron chi connectivity index (χ0n) is 17.6. The van der Waals surface area contributed by atoms with Crippen LogP contribution in [-0.2, 0) is 10.0 Å². The molecule has 0 spiro atoms. The molecule has 4 rings (SSSR count). The number of ether oxygens (including phenoxy) is 1. The summed E-state index contributed by atoms with van der Waals surface area (Å²) >= 11 is 0. The van der Waals surface area contributed by atoms with E-state index in [0.717, 1.165) is 22.5 Å². The number of aromatic amines is 1. The molecule has 1 saturated heterocycles. The molecule has 168 valence electrons. The van der Waals surface area contributed by atoms with Crippen LogP contribution >= 0.6 is 0 Å². The number of nitrogens with one attached hydrogen (secondary N) is 1. The number of piperazine rings is 1. The Balaban J connectivity index is 1.49. The van der Waals surface area contributed by atoms with Crippen LogP contribution < -0.4 is 4.74 Å². The molecule has 0 radical (unpaired) electrons. The van der Waals surface area contributed by atoms with Crippen molar-refractivity contribution in [2.24, 2.45) is 0 Å². The van der Waals surface area contributed by atoms with Gasteiger partial charge in [-0.3, -0.25) is 14.9 Å². The van der Waals surface area contributed by atoms with E-state index in [2.05, 4.69) is 4.98 Å². The van der Waals surface area contributed by atoms with E-state index in [4.69, 9.17) is 4.74 Å². The lowest BCUT2D eigenvalue weighted by Crippen LogP contribution is -2.50. The lowest BCUT2D eigenvalue weighted by atomic mass is 10.2. The monoisotopic (exact) mass is 458 g/mol. The van der Waals surface area contributed by atoms with Crippen LogP contribution in [0.25, 0.3) is 10.9 Å². The Morgan fingerprint density at radius 1 is 1.09 bits per heavy atom. The molecule has 1 aliphatic heterocycles. The van der Waals surface area contributed by atoms with E-state index in [-0.39, 0.29) is 42.7 Å². The van der Waals surface area contributed by atoms with E-state index >= 15 is 0 Å². The number of benzene rings is 2. The molecular weight excluding hydrogens is 436 g/mol. The fourth-order valence-electron chi connectivity index (χ4n) is 3.78. The minimum Gasteiger partial charge on any atom is -0.490 e. The largest absolute Gasteiger partial charge is 0.490 e. The average Bonchev–Trinajstić information content (AvgIpc) is 3.21. The van der Waals surface area contributed by atoms with Crippen molar-refractivity contribution in [2.75, 3.05) is 33.3 Å². The molecule has 0 aliphatic carbocycles. The first-order valence-corrected chi connectivity index (χ1v) is 11.4. The Bertz CT molecular complexity index is 1310. The number of carbonyl (C=O) groups is 1. The molecule has 10 nitrogen and oxygen atoms in total. The Hall–Kier alpha value is -3.44. The first-order valence-electron chi connectivity index (χ1n) is 9.92. The van der Waals surface area contributed by atoms with Crippen LogP contribution in [0.2, 0.25) is 0 Å². The van der Waals surface area contributed by atoms with Gasteiger partial charge in [-0.15, -0.1) is 0 Å².